The number of aromatic amines is 1. The number of halogens is 4. The lowest BCUT2D eigenvalue weighted by Gasteiger charge is -2.37. The molecule has 0 spiro atoms. The molecule has 0 aliphatic carbocycles. The number of hydrogen-bond acceptors (Lipinski definition) is 10. The van der Waals surface area contributed by atoms with Gasteiger partial charge in [-0.25, -0.2) is 9.37 Å². The highest BCUT2D eigenvalue weighted by molar-refractivity contribution is 7.03. The topological polar surface area (TPSA) is 185 Å². The van der Waals surface area contributed by atoms with Crippen LogP contribution in [-0.2, 0) is 44.5 Å². The van der Waals surface area contributed by atoms with Crippen molar-refractivity contribution in [2.24, 2.45) is 14.1 Å². The summed E-state index contributed by atoms with van der Waals surface area (Å²) in [4.78, 5) is 48.2. The van der Waals surface area contributed by atoms with E-state index in [4.69, 9.17) is 0 Å². The van der Waals surface area contributed by atoms with Crippen molar-refractivity contribution >= 4 is 34.4 Å². The number of benzene rings is 2. The number of aromatic nitrogens is 9. The Morgan fingerprint density at radius 2 is 1.80 bits per heavy atom. The van der Waals surface area contributed by atoms with Crippen LogP contribution in [0.5, 0.6) is 0 Å². The van der Waals surface area contributed by atoms with Crippen LogP contribution in [0.4, 0.5) is 17.6 Å². The number of hydrogen-bond donors (Lipinski definition) is 2. The third-order valence-electron chi connectivity index (χ3n) is 10.2. The molecule has 60 heavy (non-hydrogen) atoms. The predicted octanol–water partition coefficient (Wildman–Crippen LogP) is 5.28. The molecule has 0 saturated carbocycles. The Balaban J connectivity index is 1.10. The van der Waals surface area contributed by atoms with E-state index in [0.717, 1.165) is 33.3 Å². The summed E-state index contributed by atoms with van der Waals surface area (Å²) >= 11 is 0.531. The van der Waals surface area contributed by atoms with Gasteiger partial charge in [-0.3, -0.25) is 33.4 Å². The molecule has 306 valence electrons. The number of fused-ring (bicyclic) bond motifs is 2. The fourth-order valence-electron chi connectivity index (χ4n) is 7.56. The van der Waals surface area contributed by atoms with Crippen molar-refractivity contribution in [1.29, 1.82) is 5.26 Å². The number of nitriles is 1. The van der Waals surface area contributed by atoms with E-state index < -0.39 is 46.0 Å². The van der Waals surface area contributed by atoms with Crippen molar-refractivity contribution in [2.75, 3.05) is 6.54 Å². The lowest BCUT2D eigenvalue weighted by atomic mass is 9.86. The summed E-state index contributed by atoms with van der Waals surface area (Å²) in [6.45, 7) is 2.83. The molecule has 8 rings (SSSR count). The molecule has 20 heteroatoms. The Kier molecular flexibility index (Phi) is 9.94. The first kappa shape index (κ1) is 39.8. The van der Waals surface area contributed by atoms with Crippen LogP contribution < -0.4 is 10.2 Å². The van der Waals surface area contributed by atoms with Gasteiger partial charge in [0.15, 0.2) is 17.2 Å². The Morgan fingerprint density at radius 1 is 1.02 bits per heavy atom. The van der Waals surface area contributed by atoms with E-state index in [1.165, 1.54) is 21.8 Å². The number of nitrogens with one attached hydrogen (secondary N) is 2. The summed E-state index contributed by atoms with van der Waals surface area (Å²) in [5, 5.41) is 26.2. The molecule has 6 heterocycles. The summed E-state index contributed by atoms with van der Waals surface area (Å²) in [6.07, 6.45) is 2.01. The van der Waals surface area contributed by atoms with E-state index in [1.54, 1.807) is 57.2 Å². The zero-order valence-electron chi connectivity index (χ0n) is 32.4. The maximum absolute atomic E-state index is 15.9. The fourth-order valence-corrected chi connectivity index (χ4v) is 8.02. The number of carbonyl (C=O) groups excluding carboxylic acids is 2. The van der Waals surface area contributed by atoms with E-state index in [9.17, 15) is 32.8 Å². The number of aryl methyl sites for hydroxylation is 2. The van der Waals surface area contributed by atoms with Crippen LogP contribution in [0, 0.1) is 17.1 Å². The van der Waals surface area contributed by atoms with E-state index >= 15 is 4.39 Å². The number of carbonyl (C=O) groups is 2. The summed E-state index contributed by atoms with van der Waals surface area (Å²) in [6, 6.07) is 11.7. The zero-order chi connectivity index (χ0) is 42.7. The maximum Gasteiger partial charge on any atom is 0.435 e. The van der Waals surface area contributed by atoms with Crippen LogP contribution in [0.3, 0.4) is 0 Å². The van der Waals surface area contributed by atoms with Gasteiger partial charge in [-0.2, -0.15) is 38.1 Å². The fraction of sp³-hybridized carbons (Fsp3) is 0.275. The van der Waals surface area contributed by atoms with E-state index in [0.29, 0.717) is 45.0 Å². The highest BCUT2D eigenvalue weighted by atomic mass is 32.1. The van der Waals surface area contributed by atoms with Crippen molar-refractivity contribution in [1.82, 2.24) is 53.9 Å². The highest BCUT2D eigenvalue weighted by Crippen LogP contribution is 2.37. The zero-order valence-corrected chi connectivity index (χ0v) is 33.2. The molecule has 7 aromatic rings. The van der Waals surface area contributed by atoms with Crippen LogP contribution in [0.15, 0.2) is 72.0 Å². The molecule has 0 bridgehead atoms. The molecule has 0 fully saturated rings. The van der Waals surface area contributed by atoms with Gasteiger partial charge in [0.05, 0.1) is 35.5 Å². The van der Waals surface area contributed by atoms with Gasteiger partial charge in [0.2, 0.25) is 5.91 Å². The van der Waals surface area contributed by atoms with Crippen LogP contribution >= 0.6 is 11.5 Å². The number of H-pyrrole nitrogens is 1. The summed E-state index contributed by atoms with van der Waals surface area (Å²) in [5.41, 5.74) is 1.45. The minimum atomic E-state index is -4.81. The average Bonchev–Trinajstić information content (AvgIpc) is 4.00. The van der Waals surface area contributed by atoms with Crippen LogP contribution in [0.1, 0.15) is 46.6 Å². The van der Waals surface area contributed by atoms with Gasteiger partial charge in [-0.05, 0) is 72.4 Å². The van der Waals surface area contributed by atoms with E-state index in [2.05, 4.69) is 41.0 Å². The van der Waals surface area contributed by atoms with Crippen molar-refractivity contribution in [3.05, 3.63) is 111 Å². The Morgan fingerprint density at radius 3 is 2.50 bits per heavy atom. The minimum absolute atomic E-state index is 0.00668. The van der Waals surface area contributed by atoms with Crippen LogP contribution in [0.25, 0.3) is 44.8 Å². The molecule has 2 N–H and O–H groups in total. The van der Waals surface area contributed by atoms with Crippen molar-refractivity contribution in [3.8, 4) is 39.8 Å². The largest absolute Gasteiger partial charge is 0.435 e. The second-order valence-electron chi connectivity index (χ2n) is 15.1. The number of amides is 2. The Bertz CT molecular complexity index is 2930. The maximum atomic E-state index is 15.9. The molecule has 0 radical (unpaired) electrons. The number of nitrogens with zero attached hydrogens (tertiary/aromatic N) is 10. The summed E-state index contributed by atoms with van der Waals surface area (Å²) in [7, 11) is 3.48. The first-order valence-electron chi connectivity index (χ1n) is 18.5. The Labute approximate surface area is 342 Å². The standard InChI is InChI=1S/C40H34F4N12O3S/c1-39(2,20-56-30(35-48-38(59)60-52-35)14-32(50-56)40(42,43)44)49-36(57)31(11-21-16-47-53(3)18-21)55-10-9-28-27(7-8-29(41)33(28)37(55)58)26-6-5-22(12-23(26)15-45)24-13-25-19-54(4)51-34(25)46-17-24/h5-8,12-14,16-19,31H,9-11,20H2,1-4H3,(H,49,57)(H,48,52,59). The quantitative estimate of drug-likeness (QED) is 0.173. The molecule has 1 unspecified atom stereocenters. The lowest BCUT2D eigenvalue weighted by Crippen LogP contribution is -2.58. The summed E-state index contributed by atoms with van der Waals surface area (Å²) in [5.74, 6) is -2.34. The molecule has 1 aliphatic heterocycles. The third kappa shape index (κ3) is 7.66. The molecule has 1 aliphatic rings. The molecule has 2 amide bonds. The van der Waals surface area contributed by atoms with Crippen molar-refractivity contribution < 1.29 is 27.2 Å². The number of alkyl halides is 3. The van der Waals surface area contributed by atoms with Crippen LogP contribution in [-0.4, -0.2) is 78.5 Å². The highest BCUT2D eigenvalue weighted by Gasteiger charge is 2.40. The van der Waals surface area contributed by atoms with Gasteiger partial charge in [0, 0.05) is 68.1 Å². The first-order valence-corrected chi connectivity index (χ1v) is 19.2. The van der Waals surface area contributed by atoms with Gasteiger partial charge < -0.3 is 10.2 Å². The average molecular weight is 839 g/mol. The second-order valence-corrected chi connectivity index (χ2v) is 15.9. The SMILES string of the molecule is Cn1cc(CC(C(=O)NC(C)(C)Cn2nc(C(F)(F)F)cc2-c2nsc(=O)[nH]2)N2CCc3c(-c4ccc(-c5cnc6nn(C)cc6c5)cc4C#N)ccc(F)c3C2=O)cn1. The first-order chi connectivity index (χ1) is 28.5. The van der Waals surface area contributed by atoms with Gasteiger partial charge in [0.25, 0.3) is 5.91 Å². The molecule has 1 atom stereocenters. The predicted molar refractivity (Wildman–Crippen MR) is 211 cm³/mol. The van der Waals surface area contributed by atoms with Crippen molar-refractivity contribution in [2.45, 2.75) is 51.0 Å². The van der Waals surface area contributed by atoms with E-state index in [-0.39, 0.29) is 43.0 Å². The molecular weight excluding hydrogens is 805 g/mol. The summed E-state index contributed by atoms with van der Waals surface area (Å²) < 4.78 is 65.4. The number of pyridine rings is 1. The molecular formula is C40H34F4N12O3S. The smallest absolute Gasteiger partial charge is 0.348 e. The third-order valence-corrected chi connectivity index (χ3v) is 10.7. The normalized spacial score (nSPS) is 13.7. The van der Waals surface area contributed by atoms with Crippen LogP contribution in [0.2, 0.25) is 0 Å². The number of rotatable bonds is 10. The van der Waals surface area contributed by atoms with Gasteiger partial charge >= 0.3 is 11.0 Å². The molecule has 0 saturated heterocycles. The second kappa shape index (κ2) is 15.0. The van der Waals surface area contributed by atoms with Crippen molar-refractivity contribution in [3.63, 3.8) is 0 Å². The Hall–Kier alpha value is -7.01. The lowest BCUT2D eigenvalue weighted by molar-refractivity contribution is -0.141. The molecule has 2 aromatic carbocycles. The van der Waals surface area contributed by atoms with Gasteiger partial charge in [-0.15, -0.1) is 0 Å². The van der Waals surface area contributed by atoms with Gasteiger partial charge in [-0.1, -0.05) is 18.2 Å². The molecule has 5 aromatic heterocycles. The van der Waals surface area contributed by atoms with Gasteiger partial charge in [0.1, 0.15) is 17.6 Å². The monoisotopic (exact) mass is 838 g/mol. The molecule has 15 nitrogen and oxygen atoms in total. The van der Waals surface area contributed by atoms with E-state index in [1.807, 2.05) is 18.3 Å². The minimum Gasteiger partial charge on any atom is -0.348 e.